The summed E-state index contributed by atoms with van der Waals surface area (Å²) in [5.41, 5.74) is -2.81. The summed E-state index contributed by atoms with van der Waals surface area (Å²) < 4.78 is 40.0. The Morgan fingerprint density at radius 1 is 1.00 bits per heavy atom. The van der Waals surface area contributed by atoms with Crippen LogP contribution in [0.4, 0.5) is 13.2 Å². The third-order valence-electron chi connectivity index (χ3n) is 8.96. The van der Waals surface area contributed by atoms with Crippen molar-refractivity contribution >= 4 is 5.78 Å². The molecule has 0 aromatic heterocycles. The van der Waals surface area contributed by atoms with Gasteiger partial charge in [0.05, 0.1) is 0 Å². The minimum absolute atomic E-state index is 0.0596. The molecule has 0 amide bonds. The predicted molar refractivity (Wildman–Crippen MR) is 87.7 cm³/mol. The fourth-order valence-corrected chi connectivity index (χ4v) is 7.27. The lowest BCUT2D eigenvalue weighted by Crippen LogP contribution is -2.59. The number of fused-ring (bicyclic) bond motifs is 5. The van der Waals surface area contributed by atoms with E-state index < -0.39 is 11.8 Å². The summed E-state index contributed by atoms with van der Waals surface area (Å²) in [6, 6.07) is 0. The van der Waals surface area contributed by atoms with E-state index in [9.17, 15) is 23.1 Å². The van der Waals surface area contributed by atoms with Crippen molar-refractivity contribution in [3.8, 4) is 0 Å². The average molecular weight is 358 g/mol. The van der Waals surface area contributed by atoms with Crippen molar-refractivity contribution in [1.29, 1.82) is 0 Å². The first-order valence-electron chi connectivity index (χ1n) is 9.84. The van der Waals surface area contributed by atoms with Crippen LogP contribution >= 0.6 is 0 Å². The standard InChI is InChI=1S/C20H29F3O2/c1-17-9-10-19(25,20(21,22)23)11-12(17)3-4-13-14-5-6-16(24)18(14,2)8-7-15(13)17/h12-15,25H,3-11H2,1-2H3/t12-,13+,14+,15+,17+,18+,19-/m1/s1. The lowest BCUT2D eigenvalue weighted by atomic mass is 9.44. The van der Waals surface area contributed by atoms with E-state index >= 15 is 0 Å². The Bertz CT molecular complexity index is 588. The lowest BCUT2D eigenvalue weighted by molar-refractivity contribution is -0.289. The minimum Gasteiger partial charge on any atom is -0.380 e. The number of alkyl halides is 3. The van der Waals surface area contributed by atoms with Crippen molar-refractivity contribution in [2.45, 2.75) is 83.4 Å². The molecule has 0 heterocycles. The van der Waals surface area contributed by atoms with Gasteiger partial charge in [-0.05, 0) is 80.5 Å². The largest absolute Gasteiger partial charge is 0.417 e. The Kier molecular flexibility index (Phi) is 3.73. The van der Waals surface area contributed by atoms with Crippen molar-refractivity contribution in [2.24, 2.45) is 34.5 Å². The Balaban J connectivity index is 1.60. The molecule has 4 rings (SSSR count). The van der Waals surface area contributed by atoms with Crippen LogP contribution in [-0.2, 0) is 4.79 Å². The Hall–Kier alpha value is -0.580. The quantitative estimate of drug-likeness (QED) is 0.669. The predicted octanol–water partition coefficient (Wildman–Crippen LogP) is 4.89. The molecule has 4 saturated carbocycles. The number of Topliss-reactive ketones (excluding diaryl/α,β-unsaturated/α-hetero) is 1. The summed E-state index contributed by atoms with van der Waals surface area (Å²) in [5, 5.41) is 10.2. The molecule has 142 valence electrons. The molecule has 0 unspecified atom stereocenters. The lowest BCUT2D eigenvalue weighted by Gasteiger charge is -2.61. The van der Waals surface area contributed by atoms with E-state index in [0.717, 1.165) is 32.1 Å². The first-order valence-corrected chi connectivity index (χ1v) is 9.84. The summed E-state index contributed by atoms with van der Waals surface area (Å²) >= 11 is 0. The maximum atomic E-state index is 13.3. The molecule has 0 aliphatic heterocycles. The van der Waals surface area contributed by atoms with Gasteiger partial charge in [-0.3, -0.25) is 4.79 Å². The highest BCUT2D eigenvalue weighted by Crippen LogP contribution is 2.67. The van der Waals surface area contributed by atoms with Gasteiger partial charge in [0.2, 0.25) is 0 Å². The molecule has 1 N–H and O–H groups in total. The Labute approximate surface area is 147 Å². The van der Waals surface area contributed by atoms with Gasteiger partial charge in [-0.25, -0.2) is 0 Å². The van der Waals surface area contributed by atoms with E-state index in [4.69, 9.17) is 0 Å². The maximum absolute atomic E-state index is 13.3. The van der Waals surface area contributed by atoms with Crippen molar-refractivity contribution in [2.75, 3.05) is 0 Å². The number of halogens is 3. The summed E-state index contributed by atoms with van der Waals surface area (Å²) in [7, 11) is 0. The molecule has 0 radical (unpaired) electrons. The number of carbonyl (C=O) groups excluding carboxylic acids is 1. The van der Waals surface area contributed by atoms with E-state index in [0.29, 0.717) is 36.4 Å². The van der Waals surface area contributed by atoms with Crippen LogP contribution in [-0.4, -0.2) is 22.7 Å². The average Bonchev–Trinajstić information content (AvgIpc) is 2.83. The van der Waals surface area contributed by atoms with Crippen LogP contribution < -0.4 is 0 Å². The molecule has 7 atom stereocenters. The van der Waals surface area contributed by atoms with Gasteiger partial charge in [-0.1, -0.05) is 13.8 Å². The second-order valence-electron chi connectivity index (χ2n) is 9.81. The van der Waals surface area contributed by atoms with Crippen LogP contribution in [0.5, 0.6) is 0 Å². The smallest absolute Gasteiger partial charge is 0.380 e. The van der Waals surface area contributed by atoms with Crippen LogP contribution in [0, 0.1) is 34.5 Å². The molecule has 4 fully saturated rings. The zero-order valence-electron chi connectivity index (χ0n) is 15.2. The van der Waals surface area contributed by atoms with E-state index in [1.165, 1.54) is 0 Å². The van der Waals surface area contributed by atoms with Gasteiger partial charge in [0.15, 0.2) is 5.60 Å². The highest BCUT2D eigenvalue weighted by Gasteiger charge is 2.65. The van der Waals surface area contributed by atoms with Crippen molar-refractivity contribution in [3.05, 3.63) is 0 Å². The molecule has 0 spiro atoms. The highest BCUT2D eigenvalue weighted by molar-refractivity contribution is 5.87. The summed E-state index contributed by atoms with van der Waals surface area (Å²) in [6.07, 6.45) is 0.779. The van der Waals surface area contributed by atoms with Gasteiger partial charge >= 0.3 is 6.18 Å². The van der Waals surface area contributed by atoms with E-state index in [1.54, 1.807) is 0 Å². The molecule has 0 aromatic carbocycles. The SMILES string of the molecule is C[C@]12CC[C@](O)(C(F)(F)F)C[C@H]1CC[C@@H]1[C@@H]2CC[C@]2(C)C(=O)CC[C@@H]12. The van der Waals surface area contributed by atoms with Crippen LogP contribution in [0.1, 0.15) is 71.6 Å². The van der Waals surface area contributed by atoms with Crippen molar-refractivity contribution in [1.82, 2.24) is 0 Å². The number of aliphatic hydroxyl groups is 1. The second-order valence-corrected chi connectivity index (χ2v) is 9.81. The monoisotopic (exact) mass is 358 g/mol. The molecular formula is C20H29F3O2. The number of carbonyl (C=O) groups is 1. The Morgan fingerprint density at radius 3 is 2.40 bits per heavy atom. The van der Waals surface area contributed by atoms with E-state index in [1.807, 2.05) is 0 Å². The molecule has 4 aliphatic rings. The molecule has 0 aromatic rings. The van der Waals surface area contributed by atoms with Gasteiger partial charge < -0.3 is 5.11 Å². The van der Waals surface area contributed by atoms with Gasteiger partial charge in [0.25, 0.3) is 0 Å². The minimum atomic E-state index is -4.53. The van der Waals surface area contributed by atoms with Crippen LogP contribution in [0.15, 0.2) is 0 Å². The number of ketones is 1. The molecule has 0 bridgehead atoms. The van der Waals surface area contributed by atoms with Crippen LogP contribution in [0.3, 0.4) is 0 Å². The fourth-order valence-electron chi connectivity index (χ4n) is 7.27. The topological polar surface area (TPSA) is 37.3 Å². The number of hydrogen-bond acceptors (Lipinski definition) is 2. The first-order chi connectivity index (χ1) is 11.5. The molecular weight excluding hydrogens is 329 g/mol. The number of rotatable bonds is 0. The van der Waals surface area contributed by atoms with E-state index in [-0.39, 0.29) is 29.6 Å². The first kappa shape index (κ1) is 17.8. The zero-order chi connectivity index (χ0) is 18.3. The molecule has 4 aliphatic carbocycles. The molecule has 2 nitrogen and oxygen atoms in total. The zero-order valence-corrected chi connectivity index (χ0v) is 15.2. The van der Waals surface area contributed by atoms with E-state index in [2.05, 4.69) is 13.8 Å². The van der Waals surface area contributed by atoms with Crippen LogP contribution in [0.25, 0.3) is 0 Å². The van der Waals surface area contributed by atoms with Crippen LogP contribution in [0.2, 0.25) is 0 Å². The van der Waals surface area contributed by atoms with Gasteiger partial charge in [0.1, 0.15) is 5.78 Å². The van der Waals surface area contributed by atoms with Gasteiger partial charge in [-0.2, -0.15) is 13.2 Å². The molecule has 5 heteroatoms. The maximum Gasteiger partial charge on any atom is 0.417 e. The van der Waals surface area contributed by atoms with Gasteiger partial charge in [-0.15, -0.1) is 0 Å². The second kappa shape index (κ2) is 5.24. The Morgan fingerprint density at radius 2 is 1.72 bits per heavy atom. The fraction of sp³-hybridized carbons (Fsp3) is 0.950. The van der Waals surface area contributed by atoms with Gasteiger partial charge in [0, 0.05) is 11.8 Å². The highest BCUT2D eigenvalue weighted by atomic mass is 19.4. The normalized spacial score (nSPS) is 53.1. The molecule has 0 saturated heterocycles. The third-order valence-corrected chi connectivity index (χ3v) is 8.96. The summed E-state index contributed by atoms with van der Waals surface area (Å²) in [5.74, 6) is 1.64. The van der Waals surface area contributed by atoms with Crippen molar-refractivity contribution in [3.63, 3.8) is 0 Å². The summed E-state index contributed by atoms with van der Waals surface area (Å²) in [6.45, 7) is 4.30. The summed E-state index contributed by atoms with van der Waals surface area (Å²) in [4.78, 5) is 12.4. The molecule has 25 heavy (non-hydrogen) atoms. The third kappa shape index (κ3) is 2.30. The number of hydrogen-bond donors (Lipinski definition) is 1. The van der Waals surface area contributed by atoms with Crippen molar-refractivity contribution < 1.29 is 23.1 Å².